The molecule has 4 nitrogen and oxygen atoms in total. The van der Waals surface area contributed by atoms with Crippen LogP contribution < -0.4 is 0 Å². The molecule has 1 unspecified atom stereocenters. The Bertz CT molecular complexity index is 379. The minimum Gasteiger partial charge on any atom is -0.359 e. The molecule has 0 aromatic heterocycles. The van der Waals surface area contributed by atoms with Crippen LogP contribution in [0.1, 0.15) is 46.0 Å². The highest BCUT2D eigenvalue weighted by molar-refractivity contribution is 5.30. The van der Waals surface area contributed by atoms with Crippen molar-refractivity contribution < 1.29 is 18.9 Å². The summed E-state index contributed by atoms with van der Waals surface area (Å²) in [6.45, 7) is 7.09. The molecule has 0 aromatic carbocycles. The maximum Gasteiger partial charge on any atom is 0.146 e. The number of fused-ring (bicyclic) bond motifs is 1. The lowest BCUT2D eigenvalue weighted by Crippen LogP contribution is -2.33. The van der Waals surface area contributed by atoms with Crippen LogP contribution in [-0.4, -0.2) is 41.0 Å². The number of hydrogen-bond donors (Lipinski definition) is 0. The maximum absolute atomic E-state index is 5.63. The van der Waals surface area contributed by atoms with Gasteiger partial charge in [-0.3, -0.25) is 0 Å². The van der Waals surface area contributed by atoms with Crippen molar-refractivity contribution in [3.63, 3.8) is 0 Å². The molecule has 0 aliphatic heterocycles. The third-order valence-corrected chi connectivity index (χ3v) is 5.56. The van der Waals surface area contributed by atoms with Crippen molar-refractivity contribution in [3.05, 3.63) is 11.1 Å². The standard InChI is InChI=1S/C18H32O4/c1-14(10-21-12-19-3)16-7-8-17-15(11-22-13-20-4)6-5-9-18(16,17)2/h14,16H,5-13H2,1-4H3/t14-,16?,18+/m0/s1. The fourth-order valence-corrected chi connectivity index (χ4v) is 4.62. The van der Waals surface area contributed by atoms with E-state index in [9.17, 15) is 0 Å². The molecule has 0 saturated heterocycles. The van der Waals surface area contributed by atoms with E-state index in [1.807, 2.05) is 0 Å². The van der Waals surface area contributed by atoms with E-state index in [4.69, 9.17) is 18.9 Å². The van der Waals surface area contributed by atoms with Gasteiger partial charge in [-0.15, -0.1) is 0 Å². The highest BCUT2D eigenvalue weighted by Gasteiger charge is 2.47. The second kappa shape index (κ2) is 8.44. The quantitative estimate of drug-likeness (QED) is 0.369. The Morgan fingerprint density at radius 2 is 1.86 bits per heavy atom. The number of allylic oxidation sites excluding steroid dienone is 1. The van der Waals surface area contributed by atoms with Gasteiger partial charge in [0.1, 0.15) is 13.6 Å². The topological polar surface area (TPSA) is 36.9 Å². The minimum absolute atomic E-state index is 0.333. The zero-order valence-electron chi connectivity index (χ0n) is 14.7. The van der Waals surface area contributed by atoms with E-state index in [0.29, 0.717) is 30.8 Å². The van der Waals surface area contributed by atoms with Crippen LogP contribution in [0.15, 0.2) is 11.1 Å². The molecule has 22 heavy (non-hydrogen) atoms. The molecule has 2 rings (SSSR count). The van der Waals surface area contributed by atoms with Crippen molar-refractivity contribution in [1.29, 1.82) is 0 Å². The molecule has 0 heterocycles. The zero-order valence-corrected chi connectivity index (χ0v) is 14.7. The number of hydrogen-bond acceptors (Lipinski definition) is 4. The van der Waals surface area contributed by atoms with Crippen LogP contribution in [0.4, 0.5) is 0 Å². The minimum atomic E-state index is 0.333. The molecule has 0 spiro atoms. The molecule has 2 aliphatic carbocycles. The molecule has 0 radical (unpaired) electrons. The summed E-state index contributed by atoms with van der Waals surface area (Å²) in [5, 5.41) is 0. The van der Waals surface area contributed by atoms with Crippen molar-refractivity contribution in [1.82, 2.24) is 0 Å². The van der Waals surface area contributed by atoms with Gasteiger partial charge < -0.3 is 18.9 Å². The van der Waals surface area contributed by atoms with Gasteiger partial charge >= 0.3 is 0 Å². The van der Waals surface area contributed by atoms with E-state index in [2.05, 4.69) is 13.8 Å². The molecule has 1 fully saturated rings. The van der Waals surface area contributed by atoms with Gasteiger partial charge in [-0.25, -0.2) is 0 Å². The SMILES string of the molecule is COCOCC1=C2CCC([C@@H](C)COCOC)[C@@]2(C)CCC1. The van der Waals surface area contributed by atoms with Gasteiger partial charge in [0.25, 0.3) is 0 Å². The molecule has 2 aliphatic rings. The van der Waals surface area contributed by atoms with Crippen LogP contribution in [-0.2, 0) is 18.9 Å². The van der Waals surface area contributed by atoms with Crippen LogP contribution in [0, 0.1) is 17.3 Å². The van der Waals surface area contributed by atoms with E-state index in [-0.39, 0.29) is 0 Å². The lowest BCUT2D eigenvalue weighted by atomic mass is 9.65. The van der Waals surface area contributed by atoms with E-state index >= 15 is 0 Å². The molecule has 3 atom stereocenters. The van der Waals surface area contributed by atoms with Crippen molar-refractivity contribution in [2.24, 2.45) is 17.3 Å². The molecule has 1 saturated carbocycles. The van der Waals surface area contributed by atoms with Gasteiger partial charge in [0.05, 0.1) is 13.2 Å². The first-order valence-electron chi connectivity index (χ1n) is 8.48. The molecule has 128 valence electrons. The number of rotatable bonds is 9. The van der Waals surface area contributed by atoms with Gasteiger partial charge in [0.15, 0.2) is 0 Å². The highest BCUT2D eigenvalue weighted by atomic mass is 16.7. The fraction of sp³-hybridized carbons (Fsp3) is 0.889. The van der Waals surface area contributed by atoms with Crippen LogP contribution in [0.2, 0.25) is 0 Å². The first-order chi connectivity index (χ1) is 10.6. The number of methoxy groups -OCH3 is 2. The Hall–Kier alpha value is -0.420. The smallest absolute Gasteiger partial charge is 0.146 e. The maximum atomic E-state index is 5.63. The molecular formula is C18H32O4. The van der Waals surface area contributed by atoms with Crippen molar-refractivity contribution in [3.8, 4) is 0 Å². The number of ether oxygens (including phenoxy) is 4. The highest BCUT2D eigenvalue weighted by Crippen LogP contribution is 2.57. The third-order valence-electron chi connectivity index (χ3n) is 5.56. The van der Waals surface area contributed by atoms with Gasteiger partial charge in [0.2, 0.25) is 0 Å². The van der Waals surface area contributed by atoms with Crippen molar-refractivity contribution >= 4 is 0 Å². The summed E-state index contributed by atoms with van der Waals surface area (Å²) < 4.78 is 21.2. The van der Waals surface area contributed by atoms with Gasteiger partial charge in [-0.05, 0) is 54.9 Å². The monoisotopic (exact) mass is 312 g/mol. The zero-order chi connectivity index (χ0) is 16.0. The predicted molar refractivity (Wildman–Crippen MR) is 86.5 cm³/mol. The summed E-state index contributed by atoms with van der Waals surface area (Å²) in [5.74, 6) is 1.27. The molecule has 4 heteroatoms. The van der Waals surface area contributed by atoms with Crippen LogP contribution in [0.5, 0.6) is 0 Å². The van der Waals surface area contributed by atoms with Gasteiger partial charge in [-0.2, -0.15) is 0 Å². The largest absolute Gasteiger partial charge is 0.359 e. The second-order valence-electron chi connectivity index (χ2n) is 7.01. The Morgan fingerprint density at radius 3 is 2.59 bits per heavy atom. The Balaban J connectivity index is 2.03. The average Bonchev–Trinajstić information content (AvgIpc) is 2.85. The summed E-state index contributed by atoms with van der Waals surface area (Å²) in [5.41, 5.74) is 3.52. The molecule has 0 amide bonds. The predicted octanol–water partition coefficient (Wildman–Crippen LogP) is 3.76. The Morgan fingerprint density at radius 1 is 1.14 bits per heavy atom. The van der Waals surface area contributed by atoms with E-state index in [1.54, 1.807) is 19.8 Å². The first-order valence-corrected chi connectivity index (χ1v) is 8.48. The Kier molecular flexibility index (Phi) is 6.87. The molecule has 0 aromatic rings. The summed E-state index contributed by atoms with van der Waals surface area (Å²) in [4.78, 5) is 0. The Labute approximate surface area is 135 Å². The lowest BCUT2D eigenvalue weighted by molar-refractivity contribution is -0.0536. The van der Waals surface area contributed by atoms with E-state index in [0.717, 1.165) is 13.2 Å². The van der Waals surface area contributed by atoms with Crippen LogP contribution >= 0.6 is 0 Å². The van der Waals surface area contributed by atoms with Crippen LogP contribution in [0.3, 0.4) is 0 Å². The average molecular weight is 312 g/mol. The summed E-state index contributed by atoms with van der Waals surface area (Å²) in [6.07, 6.45) is 6.26. The summed E-state index contributed by atoms with van der Waals surface area (Å²) >= 11 is 0. The van der Waals surface area contributed by atoms with Crippen molar-refractivity contribution in [2.75, 3.05) is 41.0 Å². The fourth-order valence-electron chi connectivity index (χ4n) is 4.62. The first kappa shape index (κ1) is 17.9. The molecule has 0 bridgehead atoms. The second-order valence-corrected chi connectivity index (χ2v) is 7.01. The normalized spacial score (nSPS) is 29.7. The van der Waals surface area contributed by atoms with E-state index < -0.39 is 0 Å². The van der Waals surface area contributed by atoms with Crippen LogP contribution in [0.25, 0.3) is 0 Å². The van der Waals surface area contributed by atoms with Crippen molar-refractivity contribution in [2.45, 2.75) is 46.0 Å². The third kappa shape index (κ3) is 3.91. The van der Waals surface area contributed by atoms with Gasteiger partial charge in [0, 0.05) is 14.2 Å². The molecular weight excluding hydrogens is 280 g/mol. The lowest BCUT2D eigenvalue weighted by Gasteiger charge is -2.40. The molecule has 0 N–H and O–H groups in total. The van der Waals surface area contributed by atoms with E-state index in [1.165, 1.54) is 37.7 Å². The van der Waals surface area contributed by atoms with Gasteiger partial charge in [-0.1, -0.05) is 19.4 Å². The summed E-state index contributed by atoms with van der Waals surface area (Å²) in [6, 6.07) is 0. The summed E-state index contributed by atoms with van der Waals surface area (Å²) in [7, 11) is 3.35.